The highest BCUT2D eigenvalue weighted by atomic mass is 32.2. The predicted molar refractivity (Wildman–Crippen MR) is 148 cm³/mol. The van der Waals surface area contributed by atoms with E-state index in [0.29, 0.717) is 30.2 Å². The first-order chi connectivity index (χ1) is 17.9. The summed E-state index contributed by atoms with van der Waals surface area (Å²) in [6.07, 6.45) is 3.99. The molecule has 0 bridgehead atoms. The van der Waals surface area contributed by atoms with Crippen LogP contribution in [0.5, 0.6) is 0 Å². The number of hydrogen-bond acceptors (Lipinski definition) is 7. The third-order valence-corrected chi connectivity index (χ3v) is 6.92. The van der Waals surface area contributed by atoms with Crippen LogP contribution in [-0.4, -0.2) is 30.5 Å². The zero-order valence-corrected chi connectivity index (χ0v) is 23.0. The number of sulfone groups is 1. The number of aromatic nitrogens is 2. The summed E-state index contributed by atoms with van der Waals surface area (Å²) in [6, 6.07) is 19.2. The number of aryl methyl sites for hydroxylation is 1. The Bertz CT molecular complexity index is 1510. The Hall–Kier alpha value is -3.98. The number of furan rings is 1. The fraction of sp³-hybridized carbons (Fsp3) is 0.276. The van der Waals surface area contributed by atoms with Crippen LogP contribution in [0.15, 0.2) is 82.7 Å². The SMILES string of the molecule is Cc1ccc(NC(=O)c2nc(S(C)(=O)=O)ncc2N(Cc2ccc(C(C)(C)C)cc2)Cc2ccco2)cc1. The first-order valence-corrected chi connectivity index (χ1v) is 14.1. The van der Waals surface area contributed by atoms with Gasteiger partial charge in [-0.25, -0.2) is 18.4 Å². The van der Waals surface area contributed by atoms with Gasteiger partial charge in [-0.2, -0.15) is 0 Å². The average Bonchev–Trinajstić information content (AvgIpc) is 3.37. The van der Waals surface area contributed by atoms with Crippen LogP contribution < -0.4 is 10.2 Å². The molecular formula is C29H32N4O4S. The number of carbonyl (C=O) groups is 1. The summed E-state index contributed by atoms with van der Waals surface area (Å²) in [5.74, 6) is 0.136. The molecule has 2 aromatic heterocycles. The molecule has 0 unspecified atom stereocenters. The van der Waals surface area contributed by atoms with Crippen molar-refractivity contribution in [2.24, 2.45) is 0 Å². The van der Waals surface area contributed by atoms with E-state index in [1.165, 1.54) is 11.8 Å². The maximum atomic E-state index is 13.5. The van der Waals surface area contributed by atoms with Crippen molar-refractivity contribution >= 4 is 27.1 Å². The largest absolute Gasteiger partial charge is 0.467 e. The van der Waals surface area contributed by atoms with E-state index in [1.807, 2.05) is 42.2 Å². The van der Waals surface area contributed by atoms with Crippen LogP contribution in [0, 0.1) is 6.92 Å². The Kier molecular flexibility index (Phi) is 7.68. The van der Waals surface area contributed by atoms with Crippen LogP contribution in [0.4, 0.5) is 11.4 Å². The van der Waals surface area contributed by atoms with Gasteiger partial charge in [0.05, 0.1) is 24.7 Å². The summed E-state index contributed by atoms with van der Waals surface area (Å²) in [6.45, 7) is 9.16. The molecule has 38 heavy (non-hydrogen) atoms. The summed E-state index contributed by atoms with van der Waals surface area (Å²) in [5.41, 5.74) is 4.19. The predicted octanol–water partition coefficient (Wildman–Crippen LogP) is 5.54. The molecule has 4 aromatic rings. The van der Waals surface area contributed by atoms with Gasteiger partial charge >= 0.3 is 0 Å². The van der Waals surface area contributed by atoms with Crippen molar-refractivity contribution in [1.82, 2.24) is 9.97 Å². The molecule has 0 saturated carbocycles. The summed E-state index contributed by atoms with van der Waals surface area (Å²) < 4.78 is 30.1. The maximum absolute atomic E-state index is 13.5. The molecule has 0 aliphatic carbocycles. The highest BCUT2D eigenvalue weighted by Crippen LogP contribution is 2.27. The highest BCUT2D eigenvalue weighted by molar-refractivity contribution is 7.90. The molecule has 0 fully saturated rings. The standard InChI is InChI=1S/C29H32N4O4S/c1-20-8-14-23(15-9-20)31-27(34)26-25(17-30-28(32-26)38(5,35)36)33(19-24-7-6-16-37-24)18-21-10-12-22(13-11-21)29(2,3)4/h6-17H,18-19H2,1-5H3,(H,31,34). The van der Waals surface area contributed by atoms with E-state index in [4.69, 9.17) is 4.42 Å². The van der Waals surface area contributed by atoms with Gasteiger partial charge in [0.1, 0.15) is 5.76 Å². The van der Waals surface area contributed by atoms with Crippen LogP contribution in [0.2, 0.25) is 0 Å². The first kappa shape index (κ1) is 27.1. The van der Waals surface area contributed by atoms with Gasteiger partial charge in [0.25, 0.3) is 5.91 Å². The Morgan fingerprint density at radius 3 is 2.26 bits per heavy atom. The maximum Gasteiger partial charge on any atom is 0.276 e. The van der Waals surface area contributed by atoms with E-state index in [0.717, 1.165) is 17.4 Å². The van der Waals surface area contributed by atoms with Gasteiger partial charge in [-0.15, -0.1) is 0 Å². The van der Waals surface area contributed by atoms with Crippen LogP contribution >= 0.6 is 0 Å². The quantitative estimate of drug-likeness (QED) is 0.297. The summed E-state index contributed by atoms with van der Waals surface area (Å²) in [7, 11) is -3.75. The minimum absolute atomic E-state index is 0.0168. The molecule has 0 spiro atoms. The number of nitrogens with zero attached hydrogens (tertiary/aromatic N) is 3. The fourth-order valence-electron chi connectivity index (χ4n) is 3.91. The molecule has 1 amide bonds. The second kappa shape index (κ2) is 10.8. The van der Waals surface area contributed by atoms with E-state index in [2.05, 4.69) is 48.2 Å². The van der Waals surface area contributed by atoms with Gasteiger partial charge in [-0.3, -0.25) is 4.79 Å². The summed E-state index contributed by atoms with van der Waals surface area (Å²) >= 11 is 0. The molecule has 0 radical (unpaired) electrons. The number of carbonyl (C=O) groups excluding carboxylic acids is 1. The Labute approximate surface area is 223 Å². The van der Waals surface area contributed by atoms with E-state index in [1.54, 1.807) is 24.5 Å². The van der Waals surface area contributed by atoms with Crippen molar-refractivity contribution < 1.29 is 17.6 Å². The molecule has 198 valence electrons. The molecule has 0 saturated heterocycles. The normalized spacial score (nSPS) is 11.8. The zero-order valence-electron chi connectivity index (χ0n) is 22.2. The fourth-order valence-corrected chi connectivity index (χ4v) is 4.41. The summed E-state index contributed by atoms with van der Waals surface area (Å²) in [4.78, 5) is 23.7. The molecule has 2 aromatic carbocycles. The lowest BCUT2D eigenvalue weighted by Gasteiger charge is -2.26. The van der Waals surface area contributed by atoms with Crippen molar-refractivity contribution in [3.63, 3.8) is 0 Å². The molecule has 1 N–H and O–H groups in total. The second-order valence-corrected chi connectivity index (χ2v) is 12.3. The molecule has 0 aliphatic rings. The third-order valence-electron chi connectivity index (χ3n) is 6.06. The minimum atomic E-state index is -3.75. The van der Waals surface area contributed by atoms with Crippen LogP contribution in [0.1, 0.15) is 53.7 Å². The van der Waals surface area contributed by atoms with Gasteiger partial charge in [0, 0.05) is 18.5 Å². The average molecular weight is 533 g/mol. The van der Waals surface area contributed by atoms with Gasteiger partial charge < -0.3 is 14.6 Å². The Balaban J connectivity index is 1.76. The lowest BCUT2D eigenvalue weighted by molar-refractivity contribution is 0.102. The lowest BCUT2D eigenvalue weighted by Crippen LogP contribution is -2.27. The highest BCUT2D eigenvalue weighted by Gasteiger charge is 2.24. The van der Waals surface area contributed by atoms with Gasteiger partial charge in [0.2, 0.25) is 15.0 Å². The van der Waals surface area contributed by atoms with Crippen LogP contribution in [0.25, 0.3) is 0 Å². The van der Waals surface area contributed by atoms with Crippen molar-refractivity contribution in [2.45, 2.75) is 51.4 Å². The van der Waals surface area contributed by atoms with E-state index < -0.39 is 20.9 Å². The second-order valence-electron chi connectivity index (χ2n) is 10.4. The molecule has 0 aliphatic heterocycles. The summed E-state index contributed by atoms with van der Waals surface area (Å²) in [5, 5.41) is 2.42. The van der Waals surface area contributed by atoms with Crippen molar-refractivity contribution in [3.05, 3.63) is 101 Å². The number of anilines is 2. The van der Waals surface area contributed by atoms with Gasteiger partial charge in [0.15, 0.2) is 5.69 Å². The first-order valence-electron chi connectivity index (χ1n) is 12.2. The third kappa shape index (κ3) is 6.66. The van der Waals surface area contributed by atoms with E-state index in [9.17, 15) is 13.2 Å². The molecule has 9 heteroatoms. The van der Waals surface area contributed by atoms with Gasteiger partial charge in [-0.05, 0) is 47.7 Å². The number of benzene rings is 2. The number of hydrogen-bond donors (Lipinski definition) is 1. The monoisotopic (exact) mass is 532 g/mol. The minimum Gasteiger partial charge on any atom is -0.467 e. The molecule has 8 nitrogen and oxygen atoms in total. The Morgan fingerprint density at radius 2 is 1.68 bits per heavy atom. The van der Waals surface area contributed by atoms with E-state index in [-0.39, 0.29) is 11.1 Å². The topological polar surface area (TPSA) is 105 Å². The van der Waals surface area contributed by atoms with Gasteiger partial charge in [-0.1, -0.05) is 62.7 Å². The van der Waals surface area contributed by atoms with Crippen LogP contribution in [0.3, 0.4) is 0 Å². The van der Waals surface area contributed by atoms with Crippen molar-refractivity contribution in [2.75, 3.05) is 16.5 Å². The van der Waals surface area contributed by atoms with E-state index >= 15 is 0 Å². The number of nitrogens with one attached hydrogen (secondary N) is 1. The Morgan fingerprint density at radius 1 is 1.00 bits per heavy atom. The van der Waals surface area contributed by atoms with Crippen molar-refractivity contribution in [3.8, 4) is 0 Å². The molecular weight excluding hydrogens is 500 g/mol. The molecule has 4 rings (SSSR count). The molecule has 0 atom stereocenters. The number of rotatable bonds is 8. The molecule has 2 heterocycles. The zero-order chi connectivity index (χ0) is 27.5. The lowest BCUT2D eigenvalue weighted by atomic mass is 9.87. The van der Waals surface area contributed by atoms with Crippen LogP contribution in [-0.2, 0) is 28.3 Å². The van der Waals surface area contributed by atoms with Crippen molar-refractivity contribution in [1.29, 1.82) is 0 Å². The number of amides is 1. The smallest absolute Gasteiger partial charge is 0.276 e.